The Labute approximate surface area is 254 Å². The summed E-state index contributed by atoms with van der Waals surface area (Å²) in [5, 5.41) is 4.58. The lowest BCUT2D eigenvalue weighted by Crippen LogP contribution is -2.56. The van der Waals surface area contributed by atoms with E-state index in [1.165, 1.54) is 4.90 Å². The first kappa shape index (κ1) is 31.6. The molecular formula is C34H39N3O5S. The zero-order chi connectivity index (χ0) is 31.2. The minimum absolute atomic E-state index is 0.0677. The zero-order valence-electron chi connectivity index (χ0n) is 25.3. The Morgan fingerprint density at radius 1 is 0.860 bits per heavy atom. The average Bonchev–Trinajstić information content (AvgIpc) is 2.96. The molecule has 0 fully saturated rings. The number of ether oxygens (including phenoxy) is 1. The second-order valence-corrected chi connectivity index (χ2v) is 13.5. The third-order valence-corrected chi connectivity index (χ3v) is 8.10. The predicted molar refractivity (Wildman–Crippen MR) is 172 cm³/mol. The highest BCUT2D eigenvalue weighted by molar-refractivity contribution is 7.92. The highest BCUT2D eigenvalue weighted by atomic mass is 32.2. The normalized spacial score (nSPS) is 12.4. The van der Waals surface area contributed by atoms with Crippen LogP contribution in [0.25, 0.3) is 10.8 Å². The molecule has 4 rings (SSSR count). The van der Waals surface area contributed by atoms with E-state index in [2.05, 4.69) is 5.32 Å². The van der Waals surface area contributed by atoms with E-state index in [9.17, 15) is 18.0 Å². The number of anilines is 1. The second kappa shape index (κ2) is 13.3. The van der Waals surface area contributed by atoms with Gasteiger partial charge in [-0.1, -0.05) is 78.9 Å². The maximum atomic E-state index is 14.4. The molecule has 0 aromatic heterocycles. The summed E-state index contributed by atoms with van der Waals surface area (Å²) >= 11 is 0. The monoisotopic (exact) mass is 601 g/mol. The number of hydrogen-bond donors (Lipinski definition) is 1. The number of carbonyl (C=O) groups excluding carboxylic acids is 2. The van der Waals surface area contributed by atoms with Crippen LogP contribution in [0.15, 0.2) is 97.1 Å². The summed E-state index contributed by atoms with van der Waals surface area (Å²) in [6.45, 7) is 5.23. The van der Waals surface area contributed by atoms with Crippen LogP contribution in [-0.2, 0) is 32.6 Å². The molecule has 0 aliphatic carbocycles. The first-order valence-corrected chi connectivity index (χ1v) is 15.9. The van der Waals surface area contributed by atoms with Gasteiger partial charge in [0.2, 0.25) is 21.8 Å². The number of hydrogen-bond acceptors (Lipinski definition) is 5. The molecule has 1 atom stereocenters. The lowest BCUT2D eigenvalue weighted by molar-refractivity contribution is -0.140. The molecule has 0 aliphatic heterocycles. The van der Waals surface area contributed by atoms with Crippen molar-refractivity contribution < 1.29 is 22.7 Å². The summed E-state index contributed by atoms with van der Waals surface area (Å²) in [4.78, 5) is 29.7. The van der Waals surface area contributed by atoms with Gasteiger partial charge in [0.05, 0.1) is 19.1 Å². The molecule has 9 heteroatoms. The lowest BCUT2D eigenvalue weighted by Gasteiger charge is -2.35. The Morgan fingerprint density at radius 3 is 2.16 bits per heavy atom. The maximum Gasteiger partial charge on any atom is 0.244 e. The molecule has 0 bridgehead atoms. The minimum atomic E-state index is -3.89. The second-order valence-electron chi connectivity index (χ2n) is 11.6. The van der Waals surface area contributed by atoms with E-state index in [4.69, 9.17) is 4.74 Å². The molecule has 4 aromatic rings. The van der Waals surface area contributed by atoms with E-state index >= 15 is 0 Å². The maximum absolute atomic E-state index is 14.4. The number of carbonyl (C=O) groups is 2. The molecule has 2 amide bonds. The summed E-state index contributed by atoms with van der Waals surface area (Å²) in [6, 6.07) is 28.6. The minimum Gasteiger partial charge on any atom is -0.497 e. The summed E-state index contributed by atoms with van der Waals surface area (Å²) in [7, 11) is -2.33. The van der Waals surface area contributed by atoms with Crippen LogP contribution < -0.4 is 14.4 Å². The highest BCUT2D eigenvalue weighted by Crippen LogP contribution is 2.29. The fraction of sp³-hybridized carbons (Fsp3) is 0.294. The summed E-state index contributed by atoms with van der Waals surface area (Å²) in [5.74, 6) is -0.230. The topological polar surface area (TPSA) is 96.0 Å². The van der Waals surface area contributed by atoms with Gasteiger partial charge in [0.25, 0.3) is 0 Å². The third kappa shape index (κ3) is 8.35. The largest absolute Gasteiger partial charge is 0.497 e. The summed E-state index contributed by atoms with van der Waals surface area (Å²) < 4.78 is 33.0. The van der Waals surface area contributed by atoms with Gasteiger partial charge in [-0.05, 0) is 55.5 Å². The Balaban J connectivity index is 1.80. The molecule has 226 valence electrons. The average molecular weight is 602 g/mol. The third-order valence-electron chi connectivity index (χ3n) is 6.97. The van der Waals surface area contributed by atoms with Crippen molar-refractivity contribution in [3.8, 4) is 5.75 Å². The van der Waals surface area contributed by atoms with Crippen molar-refractivity contribution >= 4 is 38.3 Å². The van der Waals surface area contributed by atoms with Crippen molar-refractivity contribution in [3.63, 3.8) is 0 Å². The molecule has 1 unspecified atom stereocenters. The van der Waals surface area contributed by atoms with Crippen LogP contribution in [0.2, 0.25) is 0 Å². The number of fused-ring (bicyclic) bond motifs is 1. The highest BCUT2D eigenvalue weighted by Gasteiger charge is 2.34. The first-order chi connectivity index (χ1) is 20.4. The van der Waals surface area contributed by atoms with Crippen LogP contribution in [0, 0.1) is 0 Å². The van der Waals surface area contributed by atoms with Gasteiger partial charge in [-0.2, -0.15) is 0 Å². The van der Waals surface area contributed by atoms with Gasteiger partial charge in [0, 0.05) is 23.9 Å². The number of amides is 2. The molecule has 43 heavy (non-hydrogen) atoms. The van der Waals surface area contributed by atoms with E-state index in [0.717, 1.165) is 27.1 Å². The van der Waals surface area contributed by atoms with Crippen LogP contribution in [0.3, 0.4) is 0 Å². The van der Waals surface area contributed by atoms with Gasteiger partial charge < -0.3 is 15.0 Å². The molecule has 0 saturated carbocycles. The van der Waals surface area contributed by atoms with E-state index in [1.807, 2.05) is 93.6 Å². The Bertz CT molecular complexity index is 1680. The van der Waals surface area contributed by atoms with Crippen LogP contribution >= 0.6 is 0 Å². The molecule has 0 radical (unpaired) electrons. The molecule has 4 aromatic carbocycles. The molecule has 8 nitrogen and oxygen atoms in total. The Kier molecular flexibility index (Phi) is 9.76. The van der Waals surface area contributed by atoms with E-state index < -0.39 is 34.1 Å². The summed E-state index contributed by atoms with van der Waals surface area (Å²) in [6.07, 6.45) is 1.33. The molecule has 0 heterocycles. The SMILES string of the molecule is COc1cccc(CN(C(=O)CN(c2cccc3ccccc23)S(C)(=O)=O)C(Cc2ccccc2)C(=O)NC(C)(C)C)c1. The van der Waals surface area contributed by atoms with Crippen molar-refractivity contribution in [3.05, 3.63) is 108 Å². The van der Waals surface area contributed by atoms with Crippen LogP contribution in [0.4, 0.5) is 5.69 Å². The van der Waals surface area contributed by atoms with Gasteiger partial charge in [-0.15, -0.1) is 0 Å². The fourth-order valence-corrected chi connectivity index (χ4v) is 5.86. The van der Waals surface area contributed by atoms with Gasteiger partial charge in [-0.25, -0.2) is 8.42 Å². The number of sulfonamides is 1. The number of rotatable bonds is 11. The number of benzene rings is 4. The van der Waals surface area contributed by atoms with Gasteiger partial charge in [0.1, 0.15) is 18.3 Å². The van der Waals surface area contributed by atoms with Crippen molar-refractivity contribution in [2.75, 3.05) is 24.2 Å². The van der Waals surface area contributed by atoms with Crippen molar-refractivity contribution in [2.45, 2.75) is 45.3 Å². The fourth-order valence-electron chi connectivity index (χ4n) is 4.99. The zero-order valence-corrected chi connectivity index (χ0v) is 26.1. The predicted octanol–water partition coefficient (Wildman–Crippen LogP) is 5.17. The van der Waals surface area contributed by atoms with Gasteiger partial charge in [0.15, 0.2) is 0 Å². The van der Waals surface area contributed by atoms with Crippen molar-refractivity contribution in [1.82, 2.24) is 10.2 Å². The molecule has 1 N–H and O–H groups in total. The number of methoxy groups -OCH3 is 1. The van der Waals surface area contributed by atoms with Crippen molar-refractivity contribution in [2.24, 2.45) is 0 Å². The Morgan fingerprint density at radius 2 is 1.49 bits per heavy atom. The van der Waals surface area contributed by atoms with Gasteiger partial charge in [-0.3, -0.25) is 13.9 Å². The standard InChI is InChI=1S/C34H39N3O5S/c1-34(2,3)35-33(39)31(22-25-13-7-6-8-14-25)36(23-26-15-11-18-28(21-26)42-4)32(38)24-37(43(5,40)41)30-20-12-17-27-16-9-10-19-29(27)30/h6-21,31H,22-24H2,1-5H3,(H,35,39). The quantitative estimate of drug-likeness (QED) is 0.256. The van der Waals surface area contributed by atoms with Crippen molar-refractivity contribution in [1.29, 1.82) is 0 Å². The van der Waals surface area contributed by atoms with Gasteiger partial charge >= 0.3 is 0 Å². The number of nitrogens with one attached hydrogen (secondary N) is 1. The van der Waals surface area contributed by atoms with Crippen LogP contribution in [0.1, 0.15) is 31.9 Å². The van der Waals surface area contributed by atoms with E-state index in [-0.39, 0.29) is 18.9 Å². The van der Waals surface area contributed by atoms with Crippen LogP contribution in [0.5, 0.6) is 5.75 Å². The summed E-state index contributed by atoms with van der Waals surface area (Å²) in [5.41, 5.74) is 1.45. The molecular weight excluding hydrogens is 562 g/mol. The lowest BCUT2D eigenvalue weighted by atomic mass is 10.0. The first-order valence-electron chi connectivity index (χ1n) is 14.1. The number of nitrogens with zero attached hydrogens (tertiary/aromatic N) is 2. The van der Waals surface area contributed by atoms with Crippen LogP contribution in [-0.4, -0.2) is 56.6 Å². The molecule has 0 spiro atoms. The molecule has 0 saturated heterocycles. The van der Waals surface area contributed by atoms with E-state index in [0.29, 0.717) is 16.8 Å². The van der Waals surface area contributed by atoms with E-state index in [1.54, 1.807) is 31.4 Å². The smallest absolute Gasteiger partial charge is 0.244 e. The molecule has 0 aliphatic rings. The Hall–Kier alpha value is -4.37.